The van der Waals surface area contributed by atoms with Gasteiger partial charge in [-0.25, -0.2) is 0 Å². The van der Waals surface area contributed by atoms with Crippen LogP contribution in [0.15, 0.2) is 0 Å². The van der Waals surface area contributed by atoms with Gasteiger partial charge in [-0.2, -0.15) is 5.10 Å². The summed E-state index contributed by atoms with van der Waals surface area (Å²) in [6.07, 6.45) is 5.49. The number of nitrogens with zero attached hydrogens (tertiary/aromatic N) is 1. The van der Waals surface area contributed by atoms with E-state index in [0.717, 1.165) is 41.8 Å². The van der Waals surface area contributed by atoms with Gasteiger partial charge in [0, 0.05) is 17.2 Å². The number of fused-ring (bicyclic) bond motifs is 5. The van der Waals surface area contributed by atoms with E-state index in [9.17, 15) is 0 Å². The number of aromatic nitrogens is 2. The van der Waals surface area contributed by atoms with Gasteiger partial charge in [0.1, 0.15) is 5.82 Å². The molecule has 3 aliphatic carbocycles. The minimum absolute atomic E-state index is 0.731. The van der Waals surface area contributed by atoms with Gasteiger partial charge < -0.3 is 5.73 Å². The van der Waals surface area contributed by atoms with E-state index in [0.29, 0.717) is 0 Å². The summed E-state index contributed by atoms with van der Waals surface area (Å²) in [6, 6.07) is 0. The largest absolute Gasteiger partial charge is 0.382 e. The summed E-state index contributed by atoms with van der Waals surface area (Å²) in [5.74, 6) is 5.51. The smallest absolute Gasteiger partial charge is 0.148 e. The maximum atomic E-state index is 5.91. The Balaban J connectivity index is 1.69. The zero-order chi connectivity index (χ0) is 10.9. The summed E-state index contributed by atoms with van der Waals surface area (Å²) in [6.45, 7) is 2.18. The number of nitrogens with two attached hydrogens (primary N) is 1. The van der Waals surface area contributed by atoms with Crippen molar-refractivity contribution in [2.24, 2.45) is 23.7 Å². The molecule has 0 radical (unpaired) electrons. The molecule has 3 N–H and O–H groups in total. The van der Waals surface area contributed by atoms with Gasteiger partial charge in [0.25, 0.3) is 0 Å². The first-order valence-electron chi connectivity index (χ1n) is 6.63. The highest BCUT2D eigenvalue weighted by atomic mass is 15.2. The highest BCUT2D eigenvalue weighted by molar-refractivity contribution is 5.46. The zero-order valence-electron chi connectivity index (χ0n) is 9.74. The maximum absolute atomic E-state index is 5.91. The Hall–Kier alpha value is -0.990. The topological polar surface area (TPSA) is 54.7 Å². The minimum atomic E-state index is 0.731. The van der Waals surface area contributed by atoms with Gasteiger partial charge in [-0.3, -0.25) is 5.10 Å². The Morgan fingerprint density at radius 1 is 1.31 bits per heavy atom. The zero-order valence-corrected chi connectivity index (χ0v) is 9.74. The molecule has 16 heavy (non-hydrogen) atoms. The molecule has 0 amide bonds. The van der Waals surface area contributed by atoms with Crippen molar-refractivity contribution in [3.63, 3.8) is 0 Å². The van der Waals surface area contributed by atoms with Crippen LogP contribution in [-0.2, 0) is 6.42 Å². The summed E-state index contributed by atoms with van der Waals surface area (Å²) in [4.78, 5) is 0. The van der Waals surface area contributed by atoms with Gasteiger partial charge in [-0.1, -0.05) is 6.92 Å². The molecule has 2 bridgehead atoms. The van der Waals surface area contributed by atoms with Crippen LogP contribution in [0.5, 0.6) is 0 Å². The average molecular weight is 217 g/mol. The first-order chi connectivity index (χ1) is 7.81. The molecule has 1 aromatic rings. The Kier molecular flexibility index (Phi) is 1.60. The van der Waals surface area contributed by atoms with Crippen LogP contribution in [0, 0.1) is 23.7 Å². The number of nitrogen functional groups attached to an aromatic ring is 1. The van der Waals surface area contributed by atoms with Crippen molar-refractivity contribution in [2.45, 2.75) is 38.5 Å². The van der Waals surface area contributed by atoms with Crippen molar-refractivity contribution in [3.05, 3.63) is 11.3 Å². The fourth-order valence-corrected chi connectivity index (χ4v) is 4.75. The van der Waals surface area contributed by atoms with Crippen LogP contribution in [0.2, 0.25) is 0 Å². The fraction of sp³-hybridized carbons (Fsp3) is 0.769. The van der Waals surface area contributed by atoms with E-state index in [2.05, 4.69) is 17.1 Å². The van der Waals surface area contributed by atoms with Crippen LogP contribution in [0.1, 0.15) is 43.4 Å². The molecule has 3 saturated carbocycles. The SMILES string of the molecule is CCc1c(N)n[nH]c1C1C2C3CCC(C3)C12. The molecule has 0 aliphatic heterocycles. The molecule has 4 atom stereocenters. The molecule has 4 rings (SSSR count). The summed E-state index contributed by atoms with van der Waals surface area (Å²) in [5, 5.41) is 7.41. The predicted molar refractivity (Wildman–Crippen MR) is 62.9 cm³/mol. The number of hydrogen-bond acceptors (Lipinski definition) is 2. The maximum Gasteiger partial charge on any atom is 0.148 e. The van der Waals surface area contributed by atoms with Crippen molar-refractivity contribution in [3.8, 4) is 0 Å². The Morgan fingerprint density at radius 2 is 2.00 bits per heavy atom. The number of aromatic amines is 1. The second kappa shape index (κ2) is 2.82. The highest BCUT2D eigenvalue weighted by Crippen LogP contribution is 2.73. The molecule has 86 valence electrons. The first kappa shape index (κ1) is 9.08. The van der Waals surface area contributed by atoms with Gasteiger partial charge in [0.05, 0.1) is 0 Å². The van der Waals surface area contributed by atoms with Crippen molar-refractivity contribution in [1.82, 2.24) is 10.2 Å². The number of H-pyrrole nitrogens is 1. The standard InChI is InChI=1S/C13H19N3/c1-2-8-12(15-16-13(8)14)11-9-6-3-4-7(5-6)10(9)11/h6-7,9-11H,2-5H2,1H3,(H3,14,15,16). The van der Waals surface area contributed by atoms with E-state index in [4.69, 9.17) is 5.73 Å². The number of nitrogens with one attached hydrogen (secondary N) is 1. The predicted octanol–water partition coefficient (Wildman–Crippen LogP) is 2.31. The molecule has 3 nitrogen and oxygen atoms in total. The molecule has 3 aliphatic rings. The Morgan fingerprint density at radius 3 is 2.62 bits per heavy atom. The number of rotatable bonds is 2. The molecule has 1 heterocycles. The van der Waals surface area contributed by atoms with Gasteiger partial charge in [-0.05, 0) is 49.4 Å². The van der Waals surface area contributed by atoms with Crippen LogP contribution in [0.4, 0.5) is 5.82 Å². The van der Waals surface area contributed by atoms with E-state index in [1.54, 1.807) is 0 Å². The molecule has 3 heteroatoms. The van der Waals surface area contributed by atoms with Crippen molar-refractivity contribution in [1.29, 1.82) is 0 Å². The van der Waals surface area contributed by atoms with E-state index in [-0.39, 0.29) is 0 Å². The Bertz CT molecular complexity index is 420. The van der Waals surface area contributed by atoms with Crippen molar-refractivity contribution in [2.75, 3.05) is 5.73 Å². The van der Waals surface area contributed by atoms with Crippen LogP contribution in [0.25, 0.3) is 0 Å². The van der Waals surface area contributed by atoms with Crippen molar-refractivity contribution < 1.29 is 0 Å². The van der Waals surface area contributed by atoms with E-state index >= 15 is 0 Å². The Labute approximate surface area is 95.8 Å². The molecule has 4 unspecified atom stereocenters. The van der Waals surface area contributed by atoms with Crippen LogP contribution >= 0.6 is 0 Å². The third kappa shape index (κ3) is 0.926. The second-order valence-corrected chi connectivity index (χ2v) is 5.87. The van der Waals surface area contributed by atoms with Gasteiger partial charge >= 0.3 is 0 Å². The number of hydrogen-bond donors (Lipinski definition) is 2. The summed E-state index contributed by atoms with van der Waals surface area (Å²) in [7, 11) is 0. The lowest BCUT2D eigenvalue weighted by atomic mass is 9.98. The second-order valence-electron chi connectivity index (χ2n) is 5.87. The molecule has 0 saturated heterocycles. The molecular formula is C13H19N3. The molecular weight excluding hydrogens is 198 g/mol. The monoisotopic (exact) mass is 217 g/mol. The summed E-state index contributed by atoms with van der Waals surface area (Å²) < 4.78 is 0. The van der Waals surface area contributed by atoms with E-state index in [1.807, 2.05) is 0 Å². The first-order valence-corrected chi connectivity index (χ1v) is 6.63. The quantitative estimate of drug-likeness (QED) is 0.798. The minimum Gasteiger partial charge on any atom is -0.382 e. The van der Waals surface area contributed by atoms with Gasteiger partial charge in [0.15, 0.2) is 0 Å². The molecule has 1 aromatic heterocycles. The fourth-order valence-electron chi connectivity index (χ4n) is 4.75. The molecule has 0 aromatic carbocycles. The van der Waals surface area contributed by atoms with Crippen LogP contribution in [0.3, 0.4) is 0 Å². The lowest BCUT2D eigenvalue weighted by Crippen LogP contribution is -2.00. The summed E-state index contributed by atoms with van der Waals surface area (Å²) in [5.41, 5.74) is 8.58. The van der Waals surface area contributed by atoms with Crippen LogP contribution < -0.4 is 5.73 Å². The third-order valence-corrected chi connectivity index (χ3v) is 5.35. The molecule has 0 spiro atoms. The van der Waals surface area contributed by atoms with E-state index in [1.165, 1.54) is 30.5 Å². The normalized spacial score (nSPS) is 43.7. The third-order valence-electron chi connectivity index (χ3n) is 5.35. The van der Waals surface area contributed by atoms with Crippen LogP contribution in [-0.4, -0.2) is 10.2 Å². The summed E-state index contributed by atoms with van der Waals surface area (Å²) >= 11 is 0. The highest BCUT2D eigenvalue weighted by Gasteiger charge is 2.66. The lowest BCUT2D eigenvalue weighted by Gasteiger charge is -2.08. The van der Waals surface area contributed by atoms with Gasteiger partial charge in [-0.15, -0.1) is 0 Å². The number of anilines is 1. The average Bonchev–Trinajstić information content (AvgIpc) is 2.67. The molecule has 3 fully saturated rings. The van der Waals surface area contributed by atoms with E-state index < -0.39 is 0 Å². The lowest BCUT2D eigenvalue weighted by molar-refractivity contribution is 0.456. The van der Waals surface area contributed by atoms with Crippen molar-refractivity contribution >= 4 is 5.82 Å². The van der Waals surface area contributed by atoms with Gasteiger partial charge in [0.2, 0.25) is 0 Å².